The zero-order chi connectivity index (χ0) is 18.1. The van der Waals surface area contributed by atoms with E-state index in [9.17, 15) is 0 Å². The van der Waals surface area contributed by atoms with Crippen LogP contribution in [0.5, 0.6) is 11.5 Å². The van der Waals surface area contributed by atoms with E-state index in [0.29, 0.717) is 0 Å². The molecule has 0 aliphatic carbocycles. The number of hydrogen-bond acceptors (Lipinski definition) is 2. The van der Waals surface area contributed by atoms with Gasteiger partial charge in [-0.3, -0.25) is 0 Å². The Morgan fingerprint density at radius 2 is 1.65 bits per heavy atom. The molecule has 0 bridgehead atoms. The average Bonchev–Trinajstić information content (AvgIpc) is 2.61. The van der Waals surface area contributed by atoms with Crippen LogP contribution in [-0.4, -0.2) is 13.1 Å². The number of hydrogen-bond donors (Lipinski definition) is 0. The molecule has 2 nitrogen and oxygen atoms in total. The van der Waals surface area contributed by atoms with Crippen molar-refractivity contribution < 1.29 is 4.74 Å². The van der Waals surface area contributed by atoms with Crippen LogP contribution in [-0.2, 0) is 0 Å². The highest BCUT2D eigenvalue weighted by Gasteiger charge is 2.25. The van der Waals surface area contributed by atoms with Crippen molar-refractivity contribution in [3.05, 3.63) is 60.2 Å². The predicted molar refractivity (Wildman–Crippen MR) is 112 cm³/mol. The first-order chi connectivity index (χ1) is 12.4. The van der Waals surface area contributed by atoms with Gasteiger partial charge in [0.1, 0.15) is 11.4 Å². The molecule has 2 heterocycles. The lowest BCUT2D eigenvalue weighted by Gasteiger charge is -2.24. The largest absolute Gasteiger partial charge is 0.454 e. The monoisotopic (exact) mass is 355 g/mol. The number of rotatable bonds is 1. The number of ether oxygens (including phenoxy) is 1. The molecular weight excluding hydrogens is 334 g/mol. The average molecular weight is 356 g/mol. The van der Waals surface area contributed by atoms with Gasteiger partial charge in [-0.1, -0.05) is 61.2 Å². The molecule has 0 amide bonds. The van der Waals surface area contributed by atoms with Gasteiger partial charge in [-0.05, 0) is 36.1 Å². The minimum Gasteiger partial charge on any atom is -0.454 e. The van der Waals surface area contributed by atoms with Crippen molar-refractivity contribution in [1.82, 2.24) is 4.98 Å². The van der Waals surface area contributed by atoms with Crippen molar-refractivity contribution >= 4 is 34.9 Å². The number of aryl methyl sites for hydroxylation is 1. The SMILES string of the molecule is Cc1ccc2c3c(cccc13)Oc1cc3c([Si](C)(C)C)cccc3nc1-2. The first kappa shape index (κ1) is 15.6. The Kier molecular flexibility index (Phi) is 3.10. The van der Waals surface area contributed by atoms with Crippen molar-refractivity contribution in [2.75, 3.05) is 0 Å². The molecule has 0 spiro atoms. The lowest BCUT2D eigenvalue weighted by Crippen LogP contribution is -2.38. The number of fused-ring (bicyclic) bond motifs is 3. The molecule has 1 aliphatic heterocycles. The summed E-state index contributed by atoms with van der Waals surface area (Å²) in [7, 11) is -1.47. The predicted octanol–water partition coefficient (Wildman–Crippen LogP) is 6.01. The van der Waals surface area contributed by atoms with Crippen LogP contribution in [0.2, 0.25) is 19.6 Å². The number of pyridine rings is 1. The molecule has 3 aromatic carbocycles. The van der Waals surface area contributed by atoms with Gasteiger partial charge in [-0.25, -0.2) is 4.98 Å². The third-order valence-corrected chi connectivity index (χ3v) is 7.38. The molecule has 0 fully saturated rings. The Bertz CT molecular complexity index is 1200. The zero-order valence-corrected chi connectivity index (χ0v) is 16.6. The molecule has 5 rings (SSSR count). The molecule has 0 saturated heterocycles. The quantitative estimate of drug-likeness (QED) is 0.343. The van der Waals surface area contributed by atoms with Gasteiger partial charge in [0.05, 0.1) is 13.6 Å². The summed E-state index contributed by atoms with van der Waals surface area (Å²) in [5.74, 6) is 1.80. The molecule has 1 aliphatic rings. The Labute approximate surface area is 154 Å². The smallest absolute Gasteiger partial charge is 0.154 e. The summed E-state index contributed by atoms with van der Waals surface area (Å²) >= 11 is 0. The van der Waals surface area contributed by atoms with Crippen LogP contribution < -0.4 is 9.92 Å². The van der Waals surface area contributed by atoms with Gasteiger partial charge < -0.3 is 4.74 Å². The molecule has 4 aromatic rings. The minimum atomic E-state index is -1.47. The van der Waals surface area contributed by atoms with Crippen molar-refractivity contribution in [3.8, 4) is 22.8 Å². The Morgan fingerprint density at radius 1 is 0.846 bits per heavy atom. The second kappa shape index (κ2) is 5.18. The van der Waals surface area contributed by atoms with Crippen LogP contribution in [0.25, 0.3) is 32.9 Å². The molecule has 0 radical (unpaired) electrons. The van der Waals surface area contributed by atoms with Crippen LogP contribution in [0.15, 0.2) is 54.6 Å². The van der Waals surface area contributed by atoms with E-state index < -0.39 is 8.07 Å². The normalized spacial score (nSPS) is 12.9. The van der Waals surface area contributed by atoms with Gasteiger partial charge in [0.15, 0.2) is 5.75 Å². The second-order valence-electron chi connectivity index (χ2n) is 8.17. The van der Waals surface area contributed by atoms with E-state index >= 15 is 0 Å². The number of benzene rings is 3. The first-order valence-corrected chi connectivity index (χ1v) is 12.6. The summed E-state index contributed by atoms with van der Waals surface area (Å²) in [6.45, 7) is 9.27. The van der Waals surface area contributed by atoms with Crippen molar-refractivity contribution in [1.29, 1.82) is 0 Å². The van der Waals surface area contributed by atoms with E-state index in [-0.39, 0.29) is 0 Å². The van der Waals surface area contributed by atoms with Crippen molar-refractivity contribution in [3.63, 3.8) is 0 Å². The van der Waals surface area contributed by atoms with E-state index in [0.717, 1.165) is 22.7 Å². The summed E-state index contributed by atoms with van der Waals surface area (Å²) in [6, 6.07) is 19.4. The summed E-state index contributed by atoms with van der Waals surface area (Å²) in [6.07, 6.45) is 0. The van der Waals surface area contributed by atoms with Gasteiger partial charge in [-0.15, -0.1) is 0 Å². The van der Waals surface area contributed by atoms with Crippen molar-refractivity contribution in [2.45, 2.75) is 26.6 Å². The fourth-order valence-electron chi connectivity index (χ4n) is 4.02. The maximum absolute atomic E-state index is 6.33. The molecule has 3 heteroatoms. The first-order valence-electron chi connectivity index (χ1n) is 9.08. The second-order valence-corrected chi connectivity index (χ2v) is 13.2. The van der Waals surface area contributed by atoms with Crippen molar-refractivity contribution in [2.24, 2.45) is 0 Å². The molecular formula is C23H21NOSi. The van der Waals surface area contributed by atoms with E-state index in [1.165, 1.54) is 32.5 Å². The Balaban J connectivity index is 1.87. The molecule has 0 saturated carbocycles. The topological polar surface area (TPSA) is 22.1 Å². The van der Waals surface area contributed by atoms with E-state index in [1.807, 2.05) is 0 Å². The third kappa shape index (κ3) is 2.13. The molecule has 26 heavy (non-hydrogen) atoms. The standard InChI is InChI=1S/C23H21NOSi/c1-14-11-12-16-22-15(14)7-5-9-19(22)25-20-13-17-18(24-23(16)20)8-6-10-21(17)26(2,3)4/h5-13H,1-4H3. The van der Waals surface area contributed by atoms with Crippen LogP contribution in [0.1, 0.15) is 5.56 Å². The molecule has 0 N–H and O–H groups in total. The maximum Gasteiger partial charge on any atom is 0.154 e. The Hall–Kier alpha value is -2.65. The van der Waals surface area contributed by atoms with Gasteiger partial charge in [-0.2, -0.15) is 0 Å². The molecule has 1 aromatic heterocycles. The lowest BCUT2D eigenvalue weighted by molar-refractivity contribution is 0.485. The highest BCUT2D eigenvalue weighted by molar-refractivity contribution is 6.90. The fourth-order valence-corrected chi connectivity index (χ4v) is 5.63. The van der Waals surface area contributed by atoms with Gasteiger partial charge in [0, 0.05) is 16.3 Å². The fraction of sp³-hybridized carbons (Fsp3) is 0.174. The van der Waals surface area contributed by atoms with Crippen LogP contribution in [0, 0.1) is 6.92 Å². The minimum absolute atomic E-state index is 0.868. The zero-order valence-electron chi connectivity index (χ0n) is 15.6. The van der Waals surface area contributed by atoms with Crippen LogP contribution in [0.3, 0.4) is 0 Å². The summed E-state index contributed by atoms with van der Waals surface area (Å²) < 4.78 is 6.33. The Morgan fingerprint density at radius 3 is 2.46 bits per heavy atom. The molecule has 128 valence electrons. The molecule has 0 unspecified atom stereocenters. The maximum atomic E-state index is 6.33. The van der Waals surface area contributed by atoms with Gasteiger partial charge >= 0.3 is 0 Å². The van der Waals surface area contributed by atoms with Gasteiger partial charge in [0.2, 0.25) is 0 Å². The number of nitrogens with zero attached hydrogens (tertiary/aromatic N) is 1. The van der Waals surface area contributed by atoms with Crippen LogP contribution in [0.4, 0.5) is 0 Å². The van der Waals surface area contributed by atoms with E-state index in [2.05, 4.69) is 81.2 Å². The van der Waals surface area contributed by atoms with Gasteiger partial charge in [0.25, 0.3) is 0 Å². The van der Waals surface area contributed by atoms with E-state index in [4.69, 9.17) is 9.72 Å². The van der Waals surface area contributed by atoms with Crippen LogP contribution >= 0.6 is 0 Å². The molecule has 0 atom stereocenters. The summed E-state index contributed by atoms with van der Waals surface area (Å²) in [5, 5.41) is 5.08. The summed E-state index contributed by atoms with van der Waals surface area (Å²) in [5.41, 5.74) is 4.44. The highest BCUT2D eigenvalue weighted by atomic mass is 28.3. The number of aromatic nitrogens is 1. The lowest BCUT2D eigenvalue weighted by atomic mass is 9.95. The summed E-state index contributed by atoms with van der Waals surface area (Å²) in [4.78, 5) is 5.04. The third-order valence-electron chi connectivity index (χ3n) is 5.33. The van der Waals surface area contributed by atoms with E-state index in [1.54, 1.807) is 0 Å². The highest BCUT2D eigenvalue weighted by Crippen LogP contribution is 2.46.